The summed E-state index contributed by atoms with van der Waals surface area (Å²) in [6.45, 7) is 1.98. The highest BCUT2D eigenvalue weighted by molar-refractivity contribution is 7.80. The van der Waals surface area contributed by atoms with Crippen LogP contribution in [0.4, 0.5) is 0 Å². The van der Waals surface area contributed by atoms with Crippen LogP contribution in [0.3, 0.4) is 0 Å². The molecule has 0 N–H and O–H groups in total. The van der Waals surface area contributed by atoms with Gasteiger partial charge in [-0.2, -0.15) is 12.6 Å². The van der Waals surface area contributed by atoms with Crippen LogP contribution < -0.4 is 0 Å². The van der Waals surface area contributed by atoms with Gasteiger partial charge >= 0.3 is 0 Å². The molecule has 1 unspecified atom stereocenters. The first-order chi connectivity index (χ1) is 5.79. The van der Waals surface area contributed by atoms with Crippen molar-refractivity contribution in [3.63, 3.8) is 0 Å². The molecular weight excluding hydrogens is 170 g/mol. The molecule has 1 aromatic heterocycles. The summed E-state index contributed by atoms with van der Waals surface area (Å²) in [5, 5.41) is 5.12. The second-order valence-electron chi connectivity index (χ2n) is 2.74. The highest BCUT2D eigenvalue weighted by Crippen LogP contribution is 2.26. The van der Waals surface area contributed by atoms with E-state index in [0.29, 0.717) is 0 Å². The third-order valence-electron chi connectivity index (χ3n) is 1.80. The molecule has 0 aliphatic rings. The van der Waals surface area contributed by atoms with Crippen LogP contribution in [-0.4, -0.2) is 5.16 Å². The van der Waals surface area contributed by atoms with Gasteiger partial charge in [-0.15, -0.1) is 0 Å². The molecule has 12 heavy (non-hydrogen) atoms. The van der Waals surface area contributed by atoms with Crippen molar-refractivity contribution in [1.82, 2.24) is 5.16 Å². The van der Waals surface area contributed by atoms with Gasteiger partial charge in [0.05, 0.1) is 0 Å². The molecule has 2 nitrogen and oxygen atoms in total. The van der Waals surface area contributed by atoms with Crippen LogP contribution in [0.2, 0.25) is 0 Å². The van der Waals surface area contributed by atoms with Gasteiger partial charge in [-0.3, -0.25) is 0 Å². The molecule has 0 bridgehead atoms. The maximum atomic E-state index is 5.11. The molecule has 2 rings (SSSR count). The molecule has 0 saturated heterocycles. The lowest BCUT2D eigenvalue weighted by Gasteiger charge is -1.96. The van der Waals surface area contributed by atoms with Gasteiger partial charge in [0.15, 0.2) is 5.58 Å². The summed E-state index contributed by atoms with van der Waals surface area (Å²) in [4.78, 5) is 0. The highest BCUT2D eigenvalue weighted by Gasteiger charge is 2.10. The molecule has 1 heterocycles. The predicted molar refractivity (Wildman–Crippen MR) is 51.4 cm³/mol. The minimum Gasteiger partial charge on any atom is -0.356 e. The number of rotatable bonds is 1. The fourth-order valence-corrected chi connectivity index (χ4v) is 1.39. The first-order valence-corrected chi connectivity index (χ1v) is 4.33. The summed E-state index contributed by atoms with van der Waals surface area (Å²) >= 11 is 4.31. The Morgan fingerprint density at radius 3 is 2.92 bits per heavy atom. The van der Waals surface area contributed by atoms with E-state index in [1.54, 1.807) is 0 Å². The first kappa shape index (κ1) is 7.68. The van der Waals surface area contributed by atoms with Crippen molar-refractivity contribution in [1.29, 1.82) is 0 Å². The van der Waals surface area contributed by atoms with Gasteiger partial charge in [0.25, 0.3) is 0 Å². The van der Waals surface area contributed by atoms with Crippen molar-refractivity contribution in [3.05, 3.63) is 30.0 Å². The molecule has 0 saturated carbocycles. The van der Waals surface area contributed by atoms with Crippen LogP contribution in [0, 0.1) is 0 Å². The predicted octanol–water partition coefficient (Wildman–Crippen LogP) is 2.82. The number of fused-ring (bicyclic) bond motifs is 1. The van der Waals surface area contributed by atoms with Gasteiger partial charge < -0.3 is 4.52 Å². The van der Waals surface area contributed by atoms with Gasteiger partial charge in [0.2, 0.25) is 0 Å². The summed E-state index contributed by atoms with van der Waals surface area (Å²) in [5.41, 5.74) is 1.74. The topological polar surface area (TPSA) is 26.0 Å². The number of thiol groups is 1. The van der Waals surface area contributed by atoms with Crippen LogP contribution in [0.1, 0.15) is 17.9 Å². The van der Waals surface area contributed by atoms with Gasteiger partial charge in [0.1, 0.15) is 5.69 Å². The van der Waals surface area contributed by atoms with Crippen molar-refractivity contribution in [3.8, 4) is 0 Å². The smallest absolute Gasteiger partial charge is 0.167 e. The number of hydrogen-bond donors (Lipinski definition) is 1. The number of aromatic nitrogens is 1. The quantitative estimate of drug-likeness (QED) is 0.681. The van der Waals surface area contributed by atoms with Crippen molar-refractivity contribution >= 4 is 23.6 Å². The van der Waals surface area contributed by atoms with Crippen LogP contribution in [-0.2, 0) is 0 Å². The van der Waals surface area contributed by atoms with E-state index >= 15 is 0 Å². The summed E-state index contributed by atoms with van der Waals surface area (Å²) < 4.78 is 5.11. The molecule has 1 aromatic carbocycles. The fourth-order valence-electron chi connectivity index (χ4n) is 1.21. The molecule has 3 heteroatoms. The zero-order valence-corrected chi connectivity index (χ0v) is 7.58. The third kappa shape index (κ3) is 1.10. The van der Waals surface area contributed by atoms with Gasteiger partial charge in [-0.25, -0.2) is 0 Å². The molecule has 2 aromatic rings. The normalized spacial score (nSPS) is 13.5. The maximum absolute atomic E-state index is 5.11. The molecule has 0 amide bonds. The Morgan fingerprint density at radius 1 is 1.42 bits per heavy atom. The molecule has 62 valence electrons. The van der Waals surface area contributed by atoms with Crippen LogP contribution in [0.15, 0.2) is 28.8 Å². The minimum atomic E-state index is 0.119. The average Bonchev–Trinajstić information content (AvgIpc) is 2.47. The second-order valence-corrected chi connectivity index (χ2v) is 3.51. The van der Waals surface area contributed by atoms with Crippen LogP contribution >= 0.6 is 12.6 Å². The molecule has 0 spiro atoms. The van der Waals surface area contributed by atoms with Crippen molar-refractivity contribution in [2.24, 2.45) is 0 Å². The van der Waals surface area contributed by atoms with Crippen LogP contribution in [0.25, 0.3) is 11.0 Å². The Bertz CT molecular complexity index is 394. The Labute approximate surface area is 76.0 Å². The zero-order chi connectivity index (χ0) is 8.55. The van der Waals surface area contributed by atoms with Crippen molar-refractivity contribution in [2.45, 2.75) is 12.2 Å². The van der Waals surface area contributed by atoms with E-state index < -0.39 is 0 Å². The number of hydrogen-bond acceptors (Lipinski definition) is 3. The van der Waals surface area contributed by atoms with E-state index in [-0.39, 0.29) is 5.25 Å². The Balaban J connectivity index is 2.70. The van der Waals surface area contributed by atoms with E-state index in [1.807, 2.05) is 31.2 Å². The molecule has 0 fully saturated rings. The van der Waals surface area contributed by atoms with E-state index in [0.717, 1.165) is 16.7 Å². The number of nitrogens with zero attached hydrogens (tertiary/aromatic N) is 1. The lowest BCUT2D eigenvalue weighted by atomic mass is 10.2. The van der Waals surface area contributed by atoms with Gasteiger partial charge in [-0.05, 0) is 19.1 Å². The Hall–Kier alpha value is -0.960. The SMILES string of the molecule is CC(S)c1noc2ccccc12. The lowest BCUT2D eigenvalue weighted by Crippen LogP contribution is -1.83. The Morgan fingerprint density at radius 2 is 2.17 bits per heavy atom. The lowest BCUT2D eigenvalue weighted by molar-refractivity contribution is 0.446. The largest absolute Gasteiger partial charge is 0.356 e. The summed E-state index contributed by atoms with van der Waals surface area (Å²) in [5.74, 6) is 0. The molecule has 0 aliphatic heterocycles. The van der Waals surface area contributed by atoms with E-state index in [1.165, 1.54) is 0 Å². The third-order valence-corrected chi connectivity index (χ3v) is 2.05. The maximum Gasteiger partial charge on any atom is 0.167 e. The standard InChI is InChI=1S/C9H9NOS/c1-6(12)9-7-4-2-3-5-8(7)11-10-9/h2-6,12H,1H3. The second kappa shape index (κ2) is 2.83. The monoisotopic (exact) mass is 179 g/mol. The molecule has 0 radical (unpaired) electrons. The number of para-hydroxylation sites is 1. The summed E-state index contributed by atoms with van der Waals surface area (Å²) in [6.07, 6.45) is 0. The average molecular weight is 179 g/mol. The van der Waals surface area contributed by atoms with E-state index in [4.69, 9.17) is 4.52 Å². The first-order valence-electron chi connectivity index (χ1n) is 3.81. The van der Waals surface area contributed by atoms with E-state index in [9.17, 15) is 0 Å². The summed E-state index contributed by atoms with van der Waals surface area (Å²) in [6, 6.07) is 7.80. The van der Waals surface area contributed by atoms with E-state index in [2.05, 4.69) is 17.8 Å². The minimum absolute atomic E-state index is 0.119. The molecule has 1 atom stereocenters. The molecular formula is C9H9NOS. The highest BCUT2D eigenvalue weighted by atomic mass is 32.1. The summed E-state index contributed by atoms with van der Waals surface area (Å²) in [7, 11) is 0. The molecule has 0 aliphatic carbocycles. The van der Waals surface area contributed by atoms with Crippen molar-refractivity contribution < 1.29 is 4.52 Å². The van der Waals surface area contributed by atoms with Gasteiger partial charge in [0, 0.05) is 10.6 Å². The van der Waals surface area contributed by atoms with Crippen molar-refractivity contribution in [2.75, 3.05) is 0 Å². The fraction of sp³-hybridized carbons (Fsp3) is 0.222. The van der Waals surface area contributed by atoms with Gasteiger partial charge in [-0.1, -0.05) is 17.3 Å². The zero-order valence-electron chi connectivity index (χ0n) is 6.69. The number of benzene rings is 1. The van der Waals surface area contributed by atoms with Crippen LogP contribution in [0.5, 0.6) is 0 Å². The Kier molecular flexibility index (Phi) is 1.81.